The first-order valence-corrected chi connectivity index (χ1v) is 6.13. The van der Waals surface area contributed by atoms with Crippen LogP contribution >= 0.6 is 0 Å². The van der Waals surface area contributed by atoms with Gasteiger partial charge < -0.3 is 19.5 Å². The third-order valence-electron chi connectivity index (χ3n) is 2.57. The van der Waals surface area contributed by atoms with Gasteiger partial charge in [-0.25, -0.2) is 0 Å². The van der Waals surface area contributed by atoms with E-state index in [0.717, 1.165) is 17.9 Å². The summed E-state index contributed by atoms with van der Waals surface area (Å²) >= 11 is 0. The van der Waals surface area contributed by atoms with Crippen LogP contribution in [0.5, 0.6) is 5.75 Å². The van der Waals surface area contributed by atoms with E-state index in [0.29, 0.717) is 6.61 Å². The van der Waals surface area contributed by atoms with Gasteiger partial charge in [0.1, 0.15) is 5.75 Å². The maximum atomic E-state index is 5.45. The molecule has 1 rings (SSSR count). The van der Waals surface area contributed by atoms with Gasteiger partial charge in [-0.15, -0.1) is 0 Å². The van der Waals surface area contributed by atoms with Crippen molar-refractivity contribution in [3.63, 3.8) is 0 Å². The van der Waals surface area contributed by atoms with Crippen molar-refractivity contribution < 1.29 is 14.2 Å². The number of hydrogen-bond acceptors (Lipinski definition) is 5. The fraction of sp³-hybridized carbons (Fsp3) is 0.615. The van der Waals surface area contributed by atoms with E-state index in [2.05, 4.69) is 10.3 Å². The van der Waals surface area contributed by atoms with Gasteiger partial charge in [-0.2, -0.15) is 0 Å². The predicted molar refractivity (Wildman–Crippen MR) is 69.6 cm³/mol. The Bertz CT molecular complexity index is 343. The van der Waals surface area contributed by atoms with Crippen molar-refractivity contribution >= 4 is 0 Å². The second-order valence-corrected chi connectivity index (χ2v) is 3.76. The van der Waals surface area contributed by atoms with Gasteiger partial charge >= 0.3 is 0 Å². The molecule has 0 aliphatic carbocycles. The van der Waals surface area contributed by atoms with Crippen LogP contribution in [0, 0.1) is 0 Å². The minimum Gasteiger partial charge on any atom is -0.492 e. The minimum absolute atomic E-state index is 0.0714. The molecule has 0 amide bonds. The summed E-state index contributed by atoms with van der Waals surface area (Å²) in [5.74, 6) is 0.754. The lowest BCUT2D eigenvalue weighted by atomic mass is 10.1. The van der Waals surface area contributed by atoms with Crippen LogP contribution in [0.3, 0.4) is 0 Å². The average Bonchev–Trinajstić information content (AvgIpc) is 2.40. The molecule has 1 heterocycles. The van der Waals surface area contributed by atoms with Crippen molar-refractivity contribution in [1.29, 1.82) is 0 Å². The summed E-state index contributed by atoms with van der Waals surface area (Å²) in [5.41, 5.74) is 0.983. The topological polar surface area (TPSA) is 52.6 Å². The molecule has 1 atom stereocenters. The third-order valence-corrected chi connectivity index (χ3v) is 2.57. The first-order chi connectivity index (χ1) is 8.76. The molecule has 1 unspecified atom stereocenters. The number of aromatic nitrogens is 1. The van der Waals surface area contributed by atoms with Crippen molar-refractivity contribution in [2.45, 2.75) is 26.2 Å². The van der Waals surface area contributed by atoms with Crippen LogP contribution in [0.2, 0.25) is 0 Å². The molecule has 0 aliphatic rings. The lowest BCUT2D eigenvalue weighted by Gasteiger charge is -2.25. The summed E-state index contributed by atoms with van der Waals surface area (Å²) in [7, 11) is 3.25. The van der Waals surface area contributed by atoms with Crippen molar-refractivity contribution in [3.8, 4) is 5.75 Å². The third kappa shape index (κ3) is 3.94. The SMILES string of the molecule is CCNC(c1cncc(OCC)c1)C(OC)OC. The number of hydrogen-bond donors (Lipinski definition) is 1. The minimum atomic E-state index is -0.358. The molecular formula is C13H22N2O3. The molecule has 0 fully saturated rings. The molecule has 0 saturated carbocycles. The summed E-state index contributed by atoms with van der Waals surface area (Å²) in [6.07, 6.45) is 3.13. The molecular weight excluding hydrogens is 232 g/mol. The number of likely N-dealkylation sites (N-methyl/N-ethyl adjacent to an activating group) is 1. The lowest BCUT2D eigenvalue weighted by molar-refractivity contribution is -0.124. The Morgan fingerprint density at radius 3 is 2.50 bits per heavy atom. The molecule has 0 spiro atoms. The Kier molecular flexibility index (Phi) is 6.64. The molecule has 0 saturated heterocycles. The van der Waals surface area contributed by atoms with Crippen LogP contribution in [0.4, 0.5) is 0 Å². The molecule has 5 heteroatoms. The quantitative estimate of drug-likeness (QED) is 0.716. The Labute approximate surface area is 108 Å². The van der Waals surface area contributed by atoms with Crippen LogP contribution in [-0.2, 0) is 9.47 Å². The zero-order valence-electron chi connectivity index (χ0n) is 11.5. The van der Waals surface area contributed by atoms with E-state index in [1.807, 2.05) is 19.9 Å². The molecule has 5 nitrogen and oxygen atoms in total. The van der Waals surface area contributed by atoms with Gasteiger partial charge in [-0.3, -0.25) is 4.98 Å². The Morgan fingerprint density at radius 2 is 1.94 bits per heavy atom. The van der Waals surface area contributed by atoms with Crippen molar-refractivity contribution in [2.24, 2.45) is 0 Å². The predicted octanol–water partition coefficient (Wildman–Crippen LogP) is 1.75. The van der Waals surface area contributed by atoms with Gasteiger partial charge in [-0.05, 0) is 25.1 Å². The normalized spacial score (nSPS) is 12.7. The maximum absolute atomic E-state index is 5.45. The van der Waals surface area contributed by atoms with Gasteiger partial charge in [0.15, 0.2) is 6.29 Å². The zero-order chi connectivity index (χ0) is 13.4. The molecule has 0 bridgehead atoms. The van der Waals surface area contributed by atoms with E-state index in [-0.39, 0.29) is 12.3 Å². The Balaban J connectivity index is 2.93. The highest BCUT2D eigenvalue weighted by Crippen LogP contribution is 2.22. The number of rotatable bonds is 8. The van der Waals surface area contributed by atoms with Crippen molar-refractivity contribution in [1.82, 2.24) is 10.3 Å². The maximum Gasteiger partial charge on any atom is 0.176 e. The number of nitrogens with zero attached hydrogens (tertiary/aromatic N) is 1. The first-order valence-electron chi connectivity index (χ1n) is 6.13. The van der Waals surface area contributed by atoms with Gasteiger partial charge in [0.25, 0.3) is 0 Å². The molecule has 0 aromatic carbocycles. The van der Waals surface area contributed by atoms with Crippen LogP contribution in [0.15, 0.2) is 18.5 Å². The molecule has 1 aromatic rings. The standard InChI is InChI=1S/C13H22N2O3/c1-5-15-12(13(16-3)17-4)10-7-11(18-6-2)9-14-8-10/h7-9,12-13,15H,5-6H2,1-4H3. The number of nitrogens with one attached hydrogen (secondary N) is 1. The van der Waals surface area contributed by atoms with Crippen molar-refractivity contribution in [3.05, 3.63) is 24.0 Å². The highest BCUT2D eigenvalue weighted by molar-refractivity contribution is 5.26. The summed E-state index contributed by atoms with van der Waals surface area (Å²) in [4.78, 5) is 4.18. The highest BCUT2D eigenvalue weighted by Gasteiger charge is 2.22. The molecule has 1 aromatic heterocycles. The van der Waals surface area contributed by atoms with Gasteiger partial charge in [0.2, 0.25) is 0 Å². The smallest absolute Gasteiger partial charge is 0.176 e. The first kappa shape index (κ1) is 14.9. The van der Waals surface area contributed by atoms with Crippen LogP contribution in [-0.4, -0.2) is 38.6 Å². The van der Waals surface area contributed by atoms with Crippen LogP contribution in [0.1, 0.15) is 25.5 Å². The number of methoxy groups -OCH3 is 2. The summed E-state index contributed by atoms with van der Waals surface area (Å²) in [6, 6.07) is 1.88. The summed E-state index contributed by atoms with van der Waals surface area (Å²) in [6.45, 7) is 5.42. The molecule has 0 radical (unpaired) electrons. The number of ether oxygens (including phenoxy) is 3. The molecule has 102 valence electrons. The van der Waals surface area contributed by atoms with E-state index in [1.54, 1.807) is 26.6 Å². The van der Waals surface area contributed by atoms with E-state index >= 15 is 0 Å². The van der Waals surface area contributed by atoms with Crippen molar-refractivity contribution in [2.75, 3.05) is 27.4 Å². The Hall–Kier alpha value is -1.17. The van der Waals surface area contributed by atoms with E-state index in [1.165, 1.54) is 0 Å². The van der Waals surface area contributed by atoms with E-state index < -0.39 is 0 Å². The van der Waals surface area contributed by atoms with Gasteiger partial charge in [0.05, 0.1) is 18.8 Å². The monoisotopic (exact) mass is 254 g/mol. The molecule has 0 aliphatic heterocycles. The second kappa shape index (κ2) is 8.02. The van der Waals surface area contributed by atoms with E-state index in [9.17, 15) is 0 Å². The highest BCUT2D eigenvalue weighted by atomic mass is 16.7. The van der Waals surface area contributed by atoms with Crippen LogP contribution in [0.25, 0.3) is 0 Å². The van der Waals surface area contributed by atoms with E-state index in [4.69, 9.17) is 14.2 Å². The fourth-order valence-corrected chi connectivity index (χ4v) is 1.81. The summed E-state index contributed by atoms with van der Waals surface area (Å²) < 4.78 is 16.1. The molecule has 1 N–H and O–H groups in total. The number of pyridine rings is 1. The average molecular weight is 254 g/mol. The Morgan fingerprint density at radius 1 is 1.22 bits per heavy atom. The van der Waals surface area contributed by atoms with Gasteiger partial charge in [-0.1, -0.05) is 6.92 Å². The second-order valence-electron chi connectivity index (χ2n) is 3.76. The van der Waals surface area contributed by atoms with Crippen LogP contribution < -0.4 is 10.1 Å². The lowest BCUT2D eigenvalue weighted by Crippen LogP contribution is -2.34. The zero-order valence-corrected chi connectivity index (χ0v) is 11.5. The fourth-order valence-electron chi connectivity index (χ4n) is 1.81. The largest absolute Gasteiger partial charge is 0.492 e. The summed E-state index contributed by atoms with van der Waals surface area (Å²) in [5, 5.41) is 3.32. The van der Waals surface area contributed by atoms with Gasteiger partial charge in [0, 0.05) is 20.4 Å². The molecule has 18 heavy (non-hydrogen) atoms.